The molecule has 0 aliphatic heterocycles. The highest BCUT2D eigenvalue weighted by molar-refractivity contribution is 7.88. The minimum atomic E-state index is -5.05. The summed E-state index contributed by atoms with van der Waals surface area (Å²) in [6, 6.07) is 30.1. The number of carbonyl (C=O) groups excluding carboxylic acids is 1. The Balaban J connectivity index is 1.80. The predicted octanol–water partition coefficient (Wildman–Crippen LogP) is 8.35. The van der Waals surface area contributed by atoms with E-state index in [-0.39, 0.29) is 12.0 Å². The third-order valence-electron chi connectivity index (χ3n) is 7.28. The molecule has 9 heteroatoms. The molecule has 1 atom stereocenters. The van der Waals surface area contributed by atoms with Crippen LogP contribution in [0.1, 0.15) is 40.9 Å². The van der Waals surface area contributed by atoms with Crippen molar-refractivity contribution >= 4 is 23.8 Å². The number of halogens is 6. The van der Waals surface area contributed by atoms with Gasteiger partial charge in [-0.1, -0.05) is 80.6 Å². The quantitative estimate of drug-likeness (QED) is 0.151. The molecule has 0 bridgehead atoms. The van der Waals surface area contributed by atoms with E-state index in [4.69, 9.17) is 0 Å². The van der Waals surface area contributed by atoms with Crippen LogP contribution in [0.3, 0.4) is 0 Å². The van der Waals surface area contributed by atoms with E-state index in [1.54, 1.807) is 0 Å². The largest absolute Gasteiger partial charge is 0.416 e. The molecule has 220 valence electrons. The van der Waals surface area contributed by atoms with Crippen LogP contribution in [0.15, 0.2) is 109 Å². The molecule has 0 saturated carbocycles. The van der Waals surface area contributed by atoms with E-state index < -0.39 is 48.3 Å². The topological polar surface area (TPSA) is 29.1 Å². The van der Waals surface area contributed by atoms with E-state index in [2.05, 4.69) is 5.32 Å². The molecule has 0 saturated heterocycles. The van der Waals surface area contributed by atoms with Gasteiger partial charge in [0.15, 0.2) is 0 Å². The first-order valence-corrected chi connectivity index (χ1v) is 15.6. The van der Waals surface area contributed by atoms with Gasteiger partial charge < -0.3 is 5.32 Å². The Bertz CT molecular complexity index is 1400. The van der Waals surface area contributed by atoms with Crippen molar-refractivity contribution < 1.29 is 31.1 Å². The fourth-order valence-corrected chi connectivity index (χ4v) is 9.74. The molecule has 0 radical (unpaired) electrons. The summed E-state index contributed by atoms with van der Waals surface area (Å²) in [4.78, 5) is 13.4. The van der Waals surface area contributed by atoms with Crippen molar-refractivity contribution in [2.75, 3.05) is 6.16 Å². The van der Waals surface area contributed by atoms with E-state index >= 15 is 0 Å². The second-order valence-electron chi connectivity index (χ2n) is 10.6. The molecule has 0 heterocycles. The SMILES string of the molecule is CC(C)[C@@H](C[P+](Cc1ccccc1)(c1ccccc1)c1ccccc1)NC(=O)c1cc(C(F)(F)F)cc(C(F)(F)F)c1. The van der Waals surface area contributed by atoms with Gasteiger partial charge in [-0.25, -0.2) is 0 Å². The van der Waals surface area contributed by atoms with Crippen LogP contribution in [0.5, 0.6) is 0 Å². The molecule has 0 unspecified atom stereocenters. The summed E-state index contributed by atoms with van der Waals surface area (Å²) >= 11 is 0. The smallest absolute Gasteiger partial charge is 0.345 e. The number of hydrogen-bond acceptors (Lipinski definition) is 1. The minimum absolute atomic E-state index is 0.0257. The summed E-state index contributed by atoms with van der Waals surface area (Å²) in [7, 11) is -2.33. The highest BCUT2D eigenvalue weighted by Gasteiger charge is 2.46. The molecular formula is C33H31F6NOP+. The lowest BCUT2D eigenvalue weighted by Gasteiger charge is -2.33. The molecule has 0 spiro atoms. The van der Waals surface area contributed by atoms with Gasteiger partial charge in [0.05, 0.1) is 47.4 Å². The maximum atomic E-state index is 13.5. The first-order valence-electron chi connectivity index (χ1n) is 13.4. The number of hydrogen-bond donors (Lipinski definition) is 1. The number of benzene rings is 4. The molecule has 4 rings (SSSR count). The second kappa shape index (κ2) is 12.7. The van der Waals surface area contributed by atoms with Gasteiger partial charge in [0.2, 0.25) is 0 Å². The van der Waals surface area contributed by atoms with Crippen molar-refractivity contribution in [3.05, 3.63) is 131 Å². The van der Waals surface area contributed by atoms with Crippen LogP contribution in [0.2, 0.25) is 0 Å². The Kier molecular flexibility index (Phi) is 9.47. The highest BCUT2D eigenvalue weighted by atomic mass is 31.2. The van der Waals surface area contributed by atoms with Crippen molar-refractivity contribution in [2.24, 2.45) is 5.92 Å². The van der Waals surface area contributed by atoms with Gasteiger partial charge in [-0.05, 0) is 53.9 Å². The minimum Gasteiger partial charge on any atom is -0.345 e. The molecule has 0 aliphatic rings. The second-order valence-corrected chi connectivity index (χ2v) is 14.2. The highest BCUT2D eigenvalue weighted by Crippen LogP contribution is 2.60. The zero-order valence-corrected chi connectivity index (χ0v) is 24.0. The van der Waals surface area contributed by atoms with E-state index in [9.17, 15) is 31.1 Å². The molecule has 0 aromatic heterocycles. The van der Waals surface area contributed by atoms with Gasteiger partial charge in [-0.3, -0.25) is 4.79 Å². The summed E-state index contributed by atoms with van der Waals surface area (Å²) in [6.07, 6.45) is -9.00. The van der Waals surface area contributed by atoms with E-state index in [0.717, 1.165) is 16.2 Å². The molecule has 0 fully saturated rings. The third-order valence-corrected chi connectivity index (χ3v) is 11.8. The zero-order chi connectivity index (χ0) is 30.5. The number of carbonyl (C=O) groups is 1. The Morgan fingerprint density at radius 2 is 1.12 bits per heavy atom. The van der Waals surface area contributed by atoms with Gasteiger partial charge in [-0.2, -0.15) is 26.3 Å². The molecule has 2 nitrogen and oxygen atoms in total. The summed E-state index contributed by atoms with van der Waals surface area (Å²) in [6.45, 7) is 3.76. The summed E-state index contributed by atoms with van der Waals surface area (Å²) in [5.74, 6) is -1.16. The van der Waals surface area contributed by atoms with Gasteiger partial charge in [0, 0.05) is 5.56 Å². The van der Waals surface area contributed by atoms with Gasteiger partial charge in [0.25, 0.3) is 5.91 Å². The summed E-state index contributed by atoms with van der Waals surface area (Å²) in [5.41, 5.74) is -2.65. The van der Waals surface area contributed by atoms with Crippen LogP contribution in [0, 0.1) is 5.92 Å². The maximum Gasteiger partial charge on any atom is 0.416 e. The number of alkyl halides is 6. The van der Waals surface area contributed by atoms with Gasteiger partial charge in [-0.15, -0.1) is 0 Å². The van der Waals surface area contributed by atoms with Crippen LogP contribution >= 0.6 is 7.26 Å². The fraction of sp³-hybridized carbons (Fsp3) is 0.242. The van der Waals surface area contributed by atoms with Crippen molar-refractivity contribution in [1.29, 1.82) is 0 Å². The van der Waals surface area contributed by atoms with Crippen LogP contribution in [0.4, 0.5) is 26.3 Å². The van der Waals surface area contributed by atoms with E-state index in [1.807, 2.05) is 105 Å². The summed E-state index contributed by atoms with van der Waals surface area (Å²) < 4.78 is 81.0. The van der Waals surface area contributed by atoms with E-state index in [0.29, 0.717) is 24.5 Å². The lowest BCUT2D eigenvalue weighted by atomic mass is 10.0. The lowest BCUT2D eigenvalue weighted by Crippen LogP contribution is -2.44. The summed E-state index contributed by atoms with van der Waals surface area (Å²) in [5, 5.41) is 4.99. The number of amides is 1. The van der Waals surface area contributed by atoms with Gasteiger partial charge >= 0.3 is 12.4 Å². The van der Waals surface area contributed by atoms with Gasteiger partial charge in [0.1, 0.15) is 0 Å². The van der Waals surface area contributed by atoms with Crippen LogP contribution < -0.4 is 15.9 Å². The molecule has 1 N–H and O–H groups in total. The first-order chi connectivity index (χ1) is 19.8. The van der Waals surface area contributed by atoms with Crippen molar-refractivity contribution in [2.45, 2.75) is 38.4 Å². The normalized spacial score (nSPS) is 13.2. The first kappa shape index (κ1) is 31.3. The average molecular weight is 603 g/mol. The molecule has 4 aromatic rings. The Hall–Kier alpha value is -3.64. The fourth-order valence-electron chi connectivity index (χ4n) is 5.03. The van der Waals surface area contributed by atoms with Crippen LogP contribution in [-0.2, 0) is 18.5 Å². The molecule has 1 amide bonds. The Labute approximate surface area is 242 Å². The molecule has 4 aromatic carbocycles. The van der Waals surface area contributed by atoms with Crippen LogP contribution in [0.25, 0.3) is 0 Å². The van der Waals surface area contributed by atoms with Crippen molar-refractivity contribution in [3.63, 3.8) is 0 Å². The average Bonchev–Trinajstić information content (AvgIpc) is 2.96. The maximum absolute atomic E-state index is 13.5. The predicted molar refractivity (Wildman–Crippen MR) is 157 cm³/mol. The molecule has 0 aliphatic carbocycles. The zero-order valence-electron chi connectivity index (χ0n) is 23.1. The Morgan fingerprint density at radius 1 is 0.690 bits per heavy atom. The number of nitrogens with one attached hydrogen (secondary N) is 1. The Morgan fingerprint density at radius 3 is 1.52 bits per heavy atom. The van der Waals surface area contributed by atoms with E-state index in [1.165, 1.54) is 0 Å². The monoisotopic (exact) mass is 602 g/mol. The lowest BCUT2D eigenvalue weighted by molar-refractivity contribution is -0.143. The van der Waals surface area contributed by atoms with Crippen molar-refractivity contribution in [3.8, 4) is 0 Å². The standard InChI is InChI=1S/C33H30F6NOP/c1-23(2)30(40-31(41)25-18-26(32(34,35)36)20-27(19-25)33(37,38)39)22-42(28-14-8-4-9-15-28,29-16-10-5-11-17-29)21-24-12-6-3-7-13-24/h3-20,23,30H,21-22H2,1-2H3/p+1/t30-/m1/s1. The van der Waals surface area contributed by atoms with Crippen molar-refractivity contribution in [1.82, 2.24) is 5.32 Å². The van der Waals surface area contributed by atoms with Crippen LogP contribution in [-0.4, -0.2) is 18.1 Å². The third kappa shape index (κ3) is 7.40. The molecular weight excluding hydrogens is 571 g/mol. The molecule has 42 heavy (non-hydrogen) atoms. The number of rotatable bonds is 9.